The smallest absolute Gasteiger partial charge is 0.339 e. The van der Waals surface area contributed by atoms with Gasteiger partial charge in [-0.3, -0.25) is 0 Å². The molecule has 0 amide bonds. The minimum atomic E-state index is -0.339. The molecule has 1 unspecified atom stereocenters. The molecule has 0 fully saturated rings. The fourth-order valence-corrected chi connectivity index (χ4v) is 2.63. The molecule has 1 aliphatic rings. The van der Waals surface area contributed by atoms with Gasteiger partial charge in [0, 0.05) is 25.3 Å². The molecule has 0 aliphatic carbocycles. The molecule has 0 radical (unpaired) electrons. The number of cyclic esters (lactones) is 1. The summed E-state index contributed by atoms with van der Waals surface area (Å²) in [6, 6.07) is 13.6. The van der Waals surface area contributed by atoms with Crippen molar-refractivity contribution in [1.82, 2.24) is 0 Å². The predicted molar refractivity (Wildman–Crippen MR) is 85.6 cm³/mol. The molecule has 1 atom stereocenters. The van der Waals surface area contributed by atoms with Gasteiger partial charge in [0.25, 0.3) is 0 Å². The van der Waals surface area contributed by atoms with Crippen molar-refractivity contribution in [2.45, 2.75) is 13.0 Å². The van der Waals surface area contributed by atoms with Crippen molar-refractivity contribution in [2.75, 3.05) is 25.6 Å². The lowest BCUT2D eigenvalue weighted by Gasteiger charge is -2.15. The van der Waals surface area contributed by atoms with Crippen LogP contribution in [0.15, 0.2) is 42.5 Å². The number of nitrogens with zero attached hydrogens (tertiary/aromatic N) is 1. The molecule has 1 heterocycles. The summed E-state index contributed by atoms with van der Waals surface area (Å²) in [7, 11) is 3.99. The summed E-state index contributed by atoms with van der Waals surface area (Å²) in [6.45, 7) is 2.49. The van der Waals surface area contributed by atoms with E-state index in [0.717, 1.165) is 16.8 Å². The molecular formula is C18H19NO3. The molecule has 4 nitrogen and oxygen atoms in total. The van der Waals surface area contributed by atoms with Crippen LogP contribution in [0.2, 0.25) is 0 Å². The third-order valence-corrected chi connectivity index (χ3v) is 3.78. The minimum Gasteiger partial charge on any atom is -0.494 e. The average molecular weight is 297 g/mol. The Morgan fingerprint density at radius 1 is 1.14 bits per heavy atom. The van der Waals surface area contributed by atoms with E-state index in [1.807, 2.05) is 62.3 Å². The molecule has 0 saturated heterocycles. The maximum Gasteiger partial charge on any atom is 0.339 e. The van der Waals surface area contributed by atoms with Crippen molar-refractivity contribution in [3.8, 4) is 5.75 Å². The minimum absolute atomic E-state index is 0.293. The zero-order chi connectivity index (χ0) is 15.7. The van der Waals surface area contributed by atoms with Crippen LogP contribution in [-0.2, 0) is 4.74 Å². The van der Waals surface area contributed by atoms with Crippen LogP contribution in [0.4, 0.5) is 5.69 Å². The number of hydrogen-bond acceptors (Lipinski definition) is 4. The van der Waals surface area contributed by atoms with E-state index >= 15 is 0 Å². The number of benzene rings is 2. The summed E-state index contributed by atoms with van der Waals surface area (Å²) in [5.74, 6) is 0.403. The number of carbonyl (C=O) groups is 1. The highest BCUT2D eigenvalue weighted by molar-refractivity contribution is 5.95. The Morgan fingerprint density at radius 2 is 1.86 bits per heavy atom. The molecule has 2 aromatic carbocycles. The van der Waals surface area contributed by atoms with Crippen molar-refractivity contribution in [3.63, 3.8) is 0 Å². The van der Waals surface area contributed by atoms with Crippen LogP contribution in [0.3, 0.4) is 0 Å². The highest BCUT2D eigenvalue weighted by Crippen LogP contribution is 2.37. The van der Waals surface area contributed by atoms with Crippen LogP contribution >= 0.6 is 0 Å². The van der Waals surface area contributed by atoms with Crippen LogP contribution in [0, 0.1) is 0 Å². The van der Waals surface area contributed by atoms with E-state index < -0.39 is 0 Å². The number of hydrogen-bond donors (Lipinski definition) is 0. The van der Waals surface area contributed by atoms with Gasteiger partial charge in [0.15, 0.2) is 6.10 Å². The van der Waals surface area contributed by atoms with Gasteiger partial charge < -0.3 is 14.4 Å². The fourth-order valence-electron chi connectivity index (χ4n) is 2.63. The van der Waals surface area contributed by atoms with Gasteiger partial charge in [-0.05, 0) is 36.8 Å². The number of esters is 1. The highest BCUT2D eigenvalue weighted by atomic mass is 16.5. The molecule has 114 valence electrons. The van der Waals surface area contributed by atoms with Gasteiger partial charge in [-0.25, -0.2) is 4.79 Å². The largest absolute Gasteiger partial charge is 0.494 e. The summed E-state index contributed by atoms with van der Waals surface area (Å²) >= 11 is 0. The number of rotatable bonds is 4. The molecular weight excluding hydrogens is 278 g/mol. The van der Waals surface area contributed by atoms with Crippen LogP contribution in [0.5, 0.6) is 5.75 Å². The summed E-state index contributed by atoms with van der Waals surface area (Å²) in [4.78, 5) is 14.1. The van der Waals surface area contributed by atoms with Gasteiger partial charge in [0.05, 0.1) is 12.2 Å². The van der Waals surface area contributed by atoms with Gasteiger partial charge in [-0.15, -0.1) is 0 Å². The highest BCUT2D eigenvalue weighted by Gasteiger charge is 2.32. The molecule has 1 aliphatic heterocycles. The third kappa shape index (κ3) is 2.52. The molecule has 22 heavy (non-hydrogen) atoms. The zero-order valence-corrected chi connectivity index (χ0v) is 13.0. The zero-order valence-electron chi connectivity index (χ0n) is 13.0. The molecule has 4 heteroatoms. The van der Waals surface area contributed by atoms with Crippen molar-refractivity contribution >= 4 is 11.7 Å². The van der Waals surface area contributed by atoms with Gasteiger partial charge >= 0.3 is 5.97 Å². The standard InChI is InChI=1S/C18H19NO3/c1-4-21-14-9-10-15-16(11-14)18(20)22-17(15)12-5-7-13(8-6-12)19(2)3/h5-11,17H,4H2,1-3H3. The van der Waals surface area contributed by atoms with E-state index in [1.54, 1.807) is 6.07 Å². The second-order valence-corrected chi connectivity index (χ2v) is 5.45. The molecule has 0 bridgehead atoms. The van der Waals surface area contributed by atoms with Gasteiger partial charge in [0.1, 0.15) is 5.75 Å². The van der Waals surface area contributed by atoms with E-state index in [4.69, 9.17) is 9.47 Å². The Bertz CT molecular complexity index is 692. The van der Waals surface area contributed by atoms with Gasteiger partial charge in [-0.1, -0.05) is 18.2 Å². The summed E-state index contributed by atoms with van der Waals surface area (Å²) < 4.78 is 11.0. The number of ether oxygens (including phenoxy) is 2. The monoisotopic (exact) mass is 297 g/mol. The molecule has 3 rings (SSSR count). The SMILES string of the molecule is CCOc1ccc2c(c1)C(=O)OC2c1ccc(N(C)C)cc1. The maximum absolute atomic E-state index is 12.1. The Hall–Kier alpha value is -2.49. The fraction of sp³-hybridized carbons (Fsp3) is 0.278. The van der Waals surface area contributed by atoms with E-state index in [1.165, 1.54) is 0 Å². The molecule has 0 aromatic heterocycles. The normalized spacial score (nSPS) is 16.1. The van der Waals surface area contributed by atoms with E-state index in [2.05, 4.69) is 0 Å². The molecule has 0 N–H and O–H groups in total. The first kappa shape index (κ1) is 14.4. The lowest BCUT2D eigenvalue weighted by molar-refractivity contribution is 0.0455. The van der Waals surface area contributed by atoms with E-state index in [0.29, 0.717) is 17.9 Å². The van der Waals surface area contributed by atoms with Gasteiger partial charge in [-0.2, -0.15) is 0 Å². The Kier molecular flexibility index (Phi) is 3.75. The lowest BCUT2D eigenvalue weighted by Crippen LogP contribution is -2.08. The summed E-state index contributed by atoms with van der Waals surface area (Å²) in [5.41, 5.74) is 3.57. The average Bonchev–Trinajstić information content (AvgIpc) is 2.85. The van der Waals surface area contributed by atoms with Crippen molar-refractivity contribution in [3.05, 3.63) is 59.2 Å². The van der Waals surface area contributed by atoms with Crippen molar-refractivity contribution in [2.24, 2.45) is 0 Å². The first-order valence-corrected chi connectivity index (χ1v) is 7.35. The van der Waals surface area contributed by atoms with Gasteiger partial charge in [0.2, 0.25) is 0 Å². The van der Waals surface area contributed by atoms with Crippen LogP contribution in [-0.4, -0.2) is 26.7 Å². The lowest BCUT2D eigenvalue weighted by atomic mass is 9.99. The number of fused-ring (bicyclic) bond motifs is 1. The topological polar surface area (TPSA) is 38.8 Å². The molecule has 0 spiro atoms. The van der Waals surface area contributed by atoms with Crippen LogP contribution < -0.4 is 9.64 Å². The van der Waals surface area contributed by atoms with Crippen molar-refractivity contribution in [1.29, 1.82) is 0 Å². The Balaban J connectivity index is 1.93. The Labute approximate surface area is 130 Å². The first-order valence-electron chi connectivity index (χ1n) is 7.35. The van der Waals surface area contributed by atoms with E-state index in [-0.39, 0.29) is 12.1 Å². The predicted octanol–water partition coefficient (Wildman–Crippen LogP) is 3.41. The second kappa shape index (κ2) is 5.72. The molecule has 2 aromatic rings. The number of anilines is 1. The first-order chi connectivity index (χ1) is 10.6. The Morgan fingerprint density at radius 3 is 2.50 bits per heavy atom. The second-order valence-electron chi connectivity index (χ2n) is 5.45. The van der Waals surface area contributed by atoms with Crippen LogP contribution in [0.25, 0.3) is 0 Å². The summed E-state index contributed by atoms with van der Waals surface area (Å²) in [6.07, 6.45) is -0.339. The van der Waals surface area contributed by atoms with E-state index in [9.17, 15) is 4.79 Å². The van der Waals surface area contributed by atoms with Crippen molar-refractivity contribution < 1.29 is 14.3 Å². The maximum atomic E-state index is 12.1. The summed E-state index contributed by atoms with van der Waals surface area (Å²) in [5, 5.41) is 0. The quantitative estimate of drug-likeness (QED) is 0.811. The third-order valence-electron chi connectivity index (χ3n) is 3.78. The van der Waals surface area contributed by atoms with Crippen LogP contribution in [0.1, 0.15) is 34.5 Å². The number of carbonyl (C=O) groups excluding carboxylic acids is 1. The molecule has 0 saturated carbocycles.